The van der Waals surface area contributed by atoms with Gasteiger partial charge in [0.15, 0.2) is 0 Å². The first-order chi connectivity index (χ1) is 9.66. The van der Waals surface area contributed by atoms with Gasteiger partial charge in [-0.15, -0.1) is 0 Å². The fourth-order valence-electron chi connectivity index (χ4n) is 3.87. The fraction of sp³-hybridized carbons (Fsp3) is 0.905. The van der Waals surface area contributed by atoms with E-state index in [0.29, 0.717) is 5.41 Å². The molecule has 22 heavy (non-hydrogen) atoms. The van der Waals surface area contributed by atoms with Gasteiger partial charge in [0, 0.05) is 0 Å². The maximum atomic E-state index is 10.3. The Kier molecular flexibility index (Phi) is 7.41. The largest absolute Gasteiger partial charge is 0.393 e. The summed E-state index contributed by atoms with van der Waals surface area (Å²) in [5.74, 6) is 0. The molecule has 0 saturated heterocycles. The van der Waals surface area contributed by atoms with Crippen LogP contribution in [0.3, 0.4) is 0 Å². The Labute approximate surface area is 140 Å². The van der Waals surface area contributed by atoms with Crippen molar-refractivity contribution in [1.29, 1.82) is 0 Å². The molecular weight excluding hydrogens is 268 g/mol. The maximum Gasteiger partial charge on any atom is 0.0588 e. The summed E-state index contributed by atoms with van der Waals surface area (Å²) in [7, 11) is 0. The zero-order valence-electron chi connectivity index (χ0n) is 17.0. The Morgan fingerprint density at radius 3 is 1.68 bits per heavy atom. The highest BCUT2D eigenvalue weighted by molar-refractivity contribution is 5.05. The second-order valence-electron chi connectivity index (χ2n) is 10.2. The van der Waals surface area contributed by atoms with Gasteiger partial charge in [-0.05, 0) is 47.3 Å². The van der Waals surface area contributed by atoms with Crippen molar-refractivity contribution in [3.8, 4) is 0 Å². The first-order valence-corrected chi connectivity index (χ1v) is 9.05. The SMILES string of the molecule is CCC(O)C(C)(C)CC(C)(C=CC(C)(C)CC(C)(C)C)CC. The minimum atomic E-state index is -0.227. The van der Waals surface area contributed by atoms with Crippen LogP contribution in [0.2, 0.25) is 0 Å². The lowest BCUT2D eigenvalue weighted by Gasteiger charge is -2.39. The van der Waals surface area contributed by atoms with E-state index >= 15 is 0 Å². The van der Waals surface area contributed by atoms with Gasteiger partial charge in [-0.2, -0.15) is 0 Å². The van der Waals surface area contributed by atoms with Crippen LogP contribution in [0.25, 0.3) is 0 Å². The molecule has 0 aliphatic carbocycles. The van der Waals surface area contributed by atoms with E-state index in [1.807, 2.05) is 0 Å². The summed E-state index contributed by atoms with van der Waals surface area (Å²) in [5.41, 5.74) is 0.656. The van der Waals surface area contributed by atoms with Crippen molar-refractivity contribution >= 4 is 0 Å². The van der Waals surface area contributed by atoms with Crippen LogP contribution in [-0.4, -0.2) is 11.2 Å². The Bertz CT molecular complexity index is 357. The van der Waals surface area contributed by atoms with Gasteiger partial charge in [0.25, 0.3) is 0 Å². The van der Waals surface area contributed by atoms with Gasteiger partial charge in [-0.1, -0.05) is 81.4 Å². The standard InChI is InChI=1S/C21H42O/c1-11-17(22)20(8,9)16-21(10,12-2)14-13-19(6,7)15-18(3,4)5/h13-14,17,22H,11-12,15-16H2,1-10H3. The van der Waals surface area contributed by atoms with Gasteiger partial charge in [0.2, 0.25) is 0 Å². The molecule has 0 amide bonds. The number of rotatable bonds is 8. The van der Waals surface area contributed by atoms with Crippen LogP contribution in [0.4, 0.5) is 0 Å². The van der Waals surface area contributed by atoms with Crippen molar-refractivity contribution < 1.29 is 5.11 Å². The lowest BCUT2D eigenvalue weighted by Crippen LogP contribution is -2.34. The maximum absolute atomic E-state index is 10.3. The van der Waals surface area contributed by atoms with Crippen LogP contribution in [0.15, 0.2) is 12.2 Å². The van der Waals surface area contributed by atoms with Crippen LogP contribution >= 0.6 is 0 Å². The van der Waals surface area contributed by atoms with E-state index in [1.54, 1.807) is 0 Å². The van der Waals surface area contributed by atoms with E-state index in [1.165, 1.54) is 6.42 Å². The molecule has 0 saturated carbocycles. The van der Waals surface area contributed by atoms with E-state index in [9.17, 15) is 5.11 Å². The van der Waals surface area contributed by atoms with E-state index in [-0.39, 0.29) is 22.3 Å². The predicted molar refractivity (Wildman–Crippen MR) is 100 cm³/mol. The minimum Gasteiger partial charge on any atom is -0.393 e. The molecule has 0 aromatic heterocycles. The molecule has 0 bridgehead atoms. The highest BCUT2D eigenvalue weighted by Gasteiger charge is 2.34. The first kappa shape index (κ1) is 21.7. The molecule has 0 aromatic carbocycles. The summed E-state index contributed by atoms with van der Waals surface area (Å²) in [6.45, 7) is 22.6. The second kappa shape index (κ2) is 7.51. The Balaban J connectivity index is 5.13. The predicted octanol–water partition coefficient (Wildman–Crippen LogP) is 6.61. The number of aliphatic hydroxyl groups excluding tert-OH is 1. The average Bonchev–Trinajstić information content (AvgIpc) is 2.32. The highest BCUT2D eigenvalue weighted by atomic mass is 16.3. The van der Waals surface area contributed by atoms with Gasteiger partial charge in [0.1, 0.15) is 0 Å². The van der Waals surface area contributed by atoms with E-state index < -0.39 is 0 Å². The van der Waals surface area contributed by atoms with Gasteiger partial charge in [0.05, 0.1) is 6.10 Å². The number of hydrogen-bond acceptors (Lipinski definition) is 1. The molecule has 1 nitrogen and oxygen atoms in total. The zero-order valence-corrected chi connectivity index (χ0v) is 17.0. The molecule has 0 radical (unpaired) electrons. The van der Waals surface area contributed by atoms with Crippen molar-refractivity contribution in [1.82, 2.24) is 0 Å². The molecule has 2 atom stereocenters. The first-order valence-electron chi connectivity index (χ1n) is 9.05. The Hall–Kier alpha value is -0.300. The number of hydrogen-bond donors (Lipinski definition) is 1. The Morgan fingerprint density at radius 2 is 1.32 bits per heavy atom. The van der Waals surface area contributed by atoms with Crippen molar-refractivity contribution in [2.24, 2.45) is 21.7 Å². The molecule has 132 valence electrons. The summed E-state index contributed by atoms with van der Waals surface area (Å²) >= 11 is 0. The van der Waals surface area contributed by atoms with Gasteiger partial charge in [-0.25, -0.2) is 0 Å². The zero-order chi connectivity index (χ0) is 17.8. The molecule has 1 heteroatoms. The number of aliphatic hydroxyl groups is 1. The van der Waals surface area contributed by atoms with Gasteiger partial charge in [-0.3, -0.25) is 0 Å². The van der Waals surface area contributed by atoms with Crippen LogP contribution in [0.1, 0.15) is 94.9 Å². The molecule has 1 N–H and O–H groups in total. The Morgan fingerprint density at radius 1 is 0.818 bits per heavy atom. The molecule has 0 aromatic rings. The van der Waals surface area contributed by atoms with Crippen LogP contribution < -0.4 is 0 Å². The van der Waals surface area contributed by atoms with E-state index in [2.05, 4.69) is 81.4 Å². The lowest BCUT2D eigenvalue weighted by molar-refractivity contribution is 0.0197. The monoisotopic (exact) mass is 310 g/mol. The normalized spacial score (nSPS) is 18.5. The average molecular weight is 311 g/mol. The molecule has 0 heterocycles. The van der Waals surface area contributed by atoms with Crippen LogP contribution in [0.5, 0.6) is 0 Å². The van der Waals surface area contributed by atoms with Crippen molar-refractivity contribution in [2.75, 3.05) is 0 Å². The summed E-state index contributed by atoms with van der Waals surface area (Å²) in [6.07, 6.45) is 8.74. The van der Waals surface area contributed by atoms with Crippen molar-refractivity contribution in [3.63, 3.8) is 0 Å². The summed E-state index contributed by atoms with van der Waals surface area (Å²) < 4.78 is 0. The molecule has 0 aliphatic rings. The summed E-state index contributed by atoms with van der Waals surface area (Å²) in [6, 6.07) is 0. The van der Waals surface area contributed by atoms with Crippen LogP contribution in [0, 0.1) is 21.7 Å². The molecule has 0 spiro atoms. The number of allylic oxidation sites excluding steroid dienone is 2. The highest BCUT2D eigenvalue weighted by Crippen LogP contribution is 2.42. The van der Waals surface area contributed by atoms with E-state index in [0.717, 1.165) is 19.3 Å². The molecule has 0 fully saturated rings. The topological polar surface area (TPSA) is 20.2 Å². The van der Waals surface area contributed by atoms with E-state index in [4.69, 9.17) is 0 Å². The third-order valence-electron chi connectivity index (χ3n) is 4.88. The summed E-state index contributed by atoms with van der Waals surface area (Å²) in [5, 5.41) is 10.3. The van der Waals surface area contributed by atoms with Crippen molar-refractivity contribution in [3.05, 3.63) is 12.2 Å². The quantitative estimate of drug-likeness (QED) is 0.500. The van der Waals surface area contributed by atoms with Gasteiger partial charge >= 0.3 is 0 Å². The van der Waals surface area contributed by atoms with Crippen LogP contribution in [-0.2, 0) is 0 Å². The third kappa shape index (κ3) is 7.81. The fourth-order valence-corrected chi connectivity index (χ4v) is 3.87. The van der Waals surface area contributed by atoms with Crippen molar-refractivity contribution in [2.45, 2.75) is 101 Å². The van der Waals surface area contributed by atoms with Gasteiger partial charge < -0.3 is 5.11 Å². The second-order valence-corrected chi connectivity index (χ2v) is 10.2. The third-order valence-corrected chi connectivity index (χ3v) is 4.88. The molecular formula is C21H42O. The minimum absolute atomic E-state index is 0.0436. The smallest absolute Gasteiger partial charge is 0.0588 e. The molecule has 0 rings (SSSR count). The molecule has 0 aliphatic heterocycles. The summed E-state index contributed by atoms with van der Waals surface area (Å²) in [4.78, 5) is 0. The molecule has 2 unspecified atom stereocenters. The lowest BCUT2D eigenvalue weighted by atomic mass is 9.68.